The van der Waals surface area contributed by atoms with Crippen LogP contribution in [0.2, 0.25) is 5.02 Å². The molecule has 2 aromatic carbocycles. The molecule has 1 heterocycles. The van der Waals surface area contributed by atoms with Gasteiger partial charge in [0.05, 0.1) is 23.2 Å². The largest absolute Gasteiger partial charge is 0.385 e. The number of rotatable bonds is 9. The minimum absolute atomic E-state index is 0.109. The minimum atomic E-state index is -0.140. The summed E-state index contributed by atoms with van der Waals surface area (Å²) < 4.78 is 6.57. The number of para-hydroxylation sites is 1. The molecule has 0 radical (unpaired) electrons. The first-order valence-electron chi connectivity index (χ1n) is 9.21. The predicted molar refractivity (Wildman–Crippen MR) is 117 cm³/mol. The van der Waals surface area contributed by atoms with Gasteiger partial charge in [0.1, 0.15) is 0 Å². The number of fused-ring (bicyclic) bond motifs is 1. The molecule has 0 saturated carbocycles. The lowest BCUT2D eigenvalue weighted by atomic mass is 10.2. The number of aromatic nitrogens is 2. The summed E-state index contributed by atoms with van der Waals surface area (Å²) in [7, 11) is 1.63. The average molecular weight is 432 g/mol. The molecule has 0 bridgehead atoms. The van der Waals surface area contributed by atoms with Gasteiger partial charge in [-0.2, -0.15) is 0 Å². The Morgan fingerprint density at radius 2 is 2.07 bits per heavy atom. The number of benzene rings is 2. The number of nitrogens with one attached hydrogen (secondary N) is 1. The molecule has 29 heavy (non-hydrogen) atoms. The second-order valence-corrected chi connectivity index (χ2v) is 7.80. The topological polar surface area (TPSA) is 73.2 Å². The van der Waals surface area contributed by atoms with Crippen LogP contribution in [0, 0.1) is 0 Å². The average Bonchev–Trinajstić information content (AvgIpc) is 2.72. The number of ether oxygens (including phenoxy) is 1. The summed E-state index contributed by atoms with van der Waals surface area (Å²) in [6.45, 7) is 1.47. The fourth-order valence-electron chi connectivity index (χ4n) is 2.84. The van der Waals surface area contributed by atoms with Gasteiger partial charge < -0.3 is 10.1 Å². The van der Waals surface area contributed by atoms with Gasteiger partial charge in [-0.1, -0.05) is 47.6 Å². The van der Waals surface area contributed by atoms with E-state index >= 15 is 0 Å². The van der Waals surface area contributed by atoms with E-state index in [1.54, 1.807) is 29.9 Å². The predicted octanol–water partition coefficient (Wildman–Crippen LogP) is 3.34. The molecule has 0 aliphatic heterocycles. The lowest BCUT2D eigenvalue weighted by Crippen LogP contribution is -2.28. The zero-order valence-electron chi connectivity index (χ0n) is 16.1. The molecule has 1 aromatic heterocycles. The Morgan fingerprint density at radius 3 is 2.86 bits per heavy atom. The van der Waals surface area contributed by atoms with Gasteiger partial charge in [-0.25, -0.2) is 4.98 Å². The van der Waals surface area contributed by atoms with E-state index in [1.807, 2.05) is 30.3 Å². The number of methoxy groups -OCH3 is 1. The van der Waals surface area contributed by atoms with Gasteiger partial charge in [0.2, 0.25) is 5.91 Å². The number of carbonyl (C=O) groups excluding carboxylic acids is 1. The van der Waals surface area contributed by atoms with Gasteiger partial charge in [-0.05, 0) is 36.2 Å². The SMILES string of the molecule is COCCCNC(=O)CSc1nc2ccccc2c(=O)n1Cc1cccc(Cl)c1. The molecular formula is C21H22ClN3O3S. The number of carbonyl (C=O) groups is 1. The summed E-state index contributed by atoms with van der Waals surface area (Å²) in [6, 6.07) is 14.6. The quantitative estimate of drug-likeness (QED) is 0.319. The molecular weight excluding hydrogens is 410 g/mol. The first kappa shape index (κ1) is 21.4. The molecule has 0 atom stereocenters. The van der Waals surface area contributed by atoms with Crippen LogP contribution in [0.4, 0.5) is 0 Å². The zero-order valence-corrected chi connectivity index (χ0v) is 17.6. The maximum absolute atomic E-state index is 13.1. The van der Waals surface area contributed by atoms with Gasteiger partial charge >= 0.3 is 0 Å². The van der Waals surface area contributed by atoms with Crippen LogP contribution in [0.15, 0.2) is 58.5 Å². The summed E-state index contributed by atoms with van der Waals surface area (Å²) in [6.07, 6.45) is 0.751. The number of hydrogen-bond acceptors (Lipinski definition) is 5. The maximum Gasteiger partial charge on any atom is 0.262 e. The summed E-state index contributed by atoms with van der Waals surface area (Å²) in [5.74, 6) is 0.0654. The van der Waals surface area contributed by atoms with E-state index in [-0.39, 0.29) is 17.2 Å². The molecule has 0 spiro atoms. The van der Waals surface area contributed by atoms with Crippen LogP contribution < -0.4 is 10.9 Å². The molecule has 0 aliphatic rings. The smallest absolute Gasteiger partial charge is 0.262 e. The third-order valence-corrected chi connectivity index (χ3v) is 5.45. The Hall–Kier alpha value is -2.35. The molecule has 1 amide bonds. The van der Waals surface area contributed by atoms with Crippen LogP contribution in [0.3, 0.4) is 0 Å². The molecule has 0 fully saturated rings. The summed E-state index contributed by atoms with van der Waals surface area (Å²) >= 11 is 7.34. The van der Waals surface area contributed by atoms with Crippen molar-refractivity contribution in [3.8, 4) is 0 Å². The van der Waals surface area contributed by atoms with Gasteiger partial charge in [-0.15, -0.1) is 0 Å². The normalized spacial score (nSPS) is 11.0. The molecule has 3 aromatic rings. The van der Waals surface area contributed by atoms with E-state index in [9.17, 15) is 9.59 Å². The van der Waals surface area contributed by atoms with Crippen molar-refractivity contribution in [2.75, 3.05) is 26.0 Å². The monoisotopic (exact) mass is 431 g/mol. The highest BCUT2D eigenvalue weighted by Crippen LogP contribution is 2.20. The van der Waals surface area contributed by atoms with Gasteiger partial charge in [-0.3, -0.25) is 14.2 Å². The van der Waals surface area contributed by atoms with E-state index in [1.165, 1.54) is 11.8 Å². The molecule has 0 unspecified atom stereocenters. The van der Waals surface area contributed by atoms with Crippen LogP contribution in [-0.4, -0.2) is 41.5 Å². The van der Waals surface area contributed by atoms with E-state index in [0.717, 1.165) is 12.0 Å². The Bertz CT molecular complexity index is 1050. The van der Waals surface area contributed by atoms with Crippen molar-refractivity contribution in [2.45, 2.75) is 18.1 Å². The van der Waals surface area contributed by atoms with Crippen LogP contribution in [0.5, 0.6) is 0 Å². The number of nitrogens with zero attached hydrogens (tertiary/aromatic N) is 2. The lowest BCUT2D eigenvalue weighted by molar-refractivity contribution is -0.118. The van der Waals surface area contributed by atoms with E-state index < -0.39 is 0 Å². The second-order valence-electron chi connectivity index (χ2n) is 6.42. The zero-order chi connectivity index (χ0) is 20.6. The standard InChI is InChI=1S/C21H22ClN3O3S/c1-28-11-5-10-23-19(26)14-29-21-24-18-9-3-2-8-17(18)20(27)25(21)13-15-6-4-7-16(22)12-15/h2-4,6-9,12H,5,10-11,13-14H2,1H3,(H,23,26). The first-order chi connectivity index (χ1) is 14.1. The van der Waals surface area contributed by atoms with E-state index in [2.05, 4.69) is 10.3 Å². The highest BCUT2D eigenvalue weighted by Gasteiger charge is 2.14. The molecule has 6 nitrogen and oxygen atoms in total. The third-order valence-electron chi connectivity index (χ3n) is 4.24. The second kappa shape index (κ2) is 10.4. The molecule has 0 aliphatic carbocycles. The Balaban J connectivity index is 1.84. The number of thioether (sulfide) groups is 1. The molecule has 1 N–H and O–H groups in total. The number of amides is 1. The third kappa shape index (κ3) is 5.82. The molecule has 3 rings (SSSR count). The minimum Gasteiger partial charge on any atom is -0.385 e. The van der Waals surface area contributed by atoms with Gasteiger partial charge in [0.15, 0.2) is 5.16 Å². The van der Waals surface area contributed by atoms with Crippen LogP contribution >= 0.6 is 23.4 Å². The van der Waals surface area contributed by atoms with Gasteiger partial charge in [0.25, 0.3) is 5.56 Å². The van der Waals surface area contributed by atoms with Crippen molar-refractivity contribution in [1.82, 2.24) is 14.9 Å². The molecule has 152 valence electrons. The Morgan fingerprint density at radius 1 is 1.24 bits per heavy atom. The van der Waals surface area contributed by atoms with Crippen molar-refractivity contribution >= 4 is 40.2 Å². The van der Waals surface area contributed by atoms with Crippen molar-refractivity contribution < 1.29 is 9.53 Å². The lowest BCUT2D eigenvalue weighted by Gasteiger charge is -2.13. The summed E-state index contributed by atoms with van der Waals surface area (Å²) in [5.41, 5.74) is 1.36. The highest BCUT2D eigenvalue weighted by molar-refractivity contribution is 7.99. The Labute approximate surface area is 178 Å². The highest BCUT2D eigenvalue weighted by atomic mass is 35.5. The molecule has 0 saturated heterocycles. The van der Waals surface area contributed by atoms with E-state index in [4.69, 9.17) is 16.3 Å². The summed E-state index contributed by atoms with van der Waals surface area (Å²) in [5, 5.41) is 4.49. The fourth-order valence-corrected chi connectivity index (χ4v) is 3.88. The van der Waals surface area contributed by atoms with Crippen LogP contribution in [0.25, 0.3) is 10.9 Å². The first-order valence-corrected chi connectivity index (χ1v) is 10.6. The van der Waals surface area contributed by atoms with Crippen molar-refractivity contribution in [2.24, 2.45) is 0 Å². The molecule has 8 heteroatoms. The Kier molecular flexibility index (Phi) is 7.69. The van der Waals surface area contributed by atoms with Crippen LogP contribution in [0.1, 0.15) is 12.0 Å². The number of hydrogen-bond donors (Lipinski definition) is 1. The van der Waals surface area contributed by atoms with Crippen molar-refractivity contribution in [3.05, 3.63) is 69.5 Å². The fraction of sp³-hybridized carbons (Fsp3) is 0.286. The van der Waals surface area contributed by atoms with E-state index in [0.29, 0.717) is 40.8 Å². The van der Waals surface area contributed by atoms with Crippen LogP contribution in [-0.2, 0) is 16.1 Å². The van der Waals surface area contributed by atoms with Crippen molar-refractivity contribution in [3.63, 3.8) is 0 Å². The number of halogens is 1. The maximum atomic E-state index is 13.1. The van der Waals surface area contributed by atoms with Gasteiger partial charge in [0, 0.05) is 25.3 Å². The summed E-state index contributed by atoms with van der Waals surface area (Å²) in [4.78, 5) is 29.9. The van der Waals surface area contributed by atoms with Crippen molar-refractivity contribution in [1.29, 1.82) is 0 Å².